The number of aromatic nitrogens is 1. The lowest BCUT2D eigenvalue weighted by molar-refractivity contribution is -0.660. The Morgan fingerprint density at radius 2 is 1.38 bits per heavy atom. The van der Waals surface area contributed by atoms with E-state index in [2.05, 4.69) is 117 Å². The molecule has 0 spiro atoms. The van der Waals surface area contributed by atoms with Crippen molar-refractivity contribution in [1.82, 2.24) is 0 Å². The van der Waals surface area contributed by atoms with Crippen LogP contribution in [0.15, 0.2) is 95.5 Å². The molecule has 0 aliphatic rings. The predicted octanol–water partition coefficient (Wildman–Crippen LogP) is 8.21. The highest BCUT2D eigenvalue weighted by molar-refractivity contribution is 6.14. The molecule has 0 saturated heterocycles. The monoisotopic (exact) mass is 479 g/mol. The number of hydrogen-bond donors (Lipinski definition) is 0. The quantitative estimate of drug-likeness (QED) is 0.240. The summed E-state index contributed by atoms with van der Waals surface area (Å²) in [7, 11) is 2.06. The highest BCUT2D eigenvalue weighted by Crippen LogP contribution is 2.42. The molecule has 2 heterocycles. The molecule has 0 N–H and O–H groups in total. The molecule has 0 fully saturated rings. The van der Waals surface area contributed by atoms with E-state index in [9.17, 15) is 5.26 Å². The van der Waals surface area contributed by atoms with Gasteiger partial charge in [-0.2, -0.15) is 5.26 Å². The van der Waals surface area contributed by atoms with Crippen LogP contribution >= 0.6 is 0 Å². The molecule has 0 amide bonds. The third kappa shape index (κ3) is 3.79. The summed E-state index contributed by atoms with van der Waals surface area (Å²) in [5.74, 6) is 0. The van der Waals surface area contributed by atoms with Gasteiger partial charge < -0.3 is 4.42 Å². The molecule has 0 aliphatic heterocycles. The van der Waals surface area contributed by atoms with Crippen LogP contribution in [0.4, 0.5) is 0 Å². The summed E-state index contributed by atoms with van der Waals surface area (Å²) in [5.41, 5.74) is 12.0. The molecular weight excluding hydrogens is 452 g/mol. The second-order valence-corrected chi connectivity index (χ2v) is 9.86. The first kappa shape index (κ1) is 22.8. The van der Waals surface area contributed by atoms with Crippen molar-refractivity contribution in [2.24, 2.45) is 7.05 Å². The average molecular weight is 480 g/mol. The molecule has 6 rings (SSSR count). The number of rotatable bonds is 3. The van der Waals surface area contributed by atoms with Gasteiger partial charge in [0.05, 0.1) is 17.2 Å². The van der Waals surface area contributed by atoms with Gasteiger partial charge in [-0.15, -0.1) is 0 Å². The van der Waals surface area contributed by atoms with Gasteiger partial charge in [-0.05, 0) is 66.8 Å². The summed E-state index contributed by atoms with van der Waals surface area (Å²) >= 11 is 0. The highest BCUT2D eigenvalue weighted by atomic mass is 16.3. The van der Waals surface area contributed by atoms with Crippen LogP contribution in [-0.4, -0.2) is 0 Å². The fourth-order valence-electron chi connectivity index (χ4n) is 5.22. The summed E-state index contributed by atoms with van der Waals surface area (Å²) in [6, 6.07) is 31.8. The van der Waals surface area contributed by atoms with Crippen molar-refractivity contribution in [3.8, 4) is 39.6 Å². The Balaban J connectivity index is 1.65. The van der Waals surface area contributed by atoms with Crippen LogP contribution in [0.2, 0.25) is 0 Å². The van der Waals surface area contributed by atoms with E-state index >= 15 is 0 Å². The van der Waals surface area contributed by atoms with Gasteiger partial charge in [-0.1, -0.05) is 60.2 Å². The largest absolute Gasteiger partial charge is 0.454 e. The summed E-state index contributed by atoms with van der Waals surface area (Å²) in [5, 5.41) is 12.1. The second kappa shape index (κ2) is 8.76. The fraction of sp³-hybridized carbons (Fsp3) is 0.118. The van der Waals surface area contributed by atoms with Crippen molar-refractivity contribution in [2.75, 3.05) is 0 Å². The highest BCUT2D eigenvalue weighted by Gasteiger charge is 2.23. The van der Waals surface area contributed by atoms with Crippen molar-refractivity contribution in [3.05, 3.63) is 113 Å². The molecule has 178 valence electrons. The van der Waals surface area contributed by atoms with E-state index in [1.807, 2.05) is 12.1 Å². The third-order valence-electron chi connectivity index (χ3n) is 7.24. The zero-order valence-corrected chi connectivity index (χ0v) is 21.5. The average Bonchev–Trinajstić information content (AvgIpc) is 3.28. The van der Waals surface area contributed by atoms with Crippen molar-refractivity contribution in [2.45, 2.75) is 20.8 Å². The normalized spacial score (nSPS) is 11.2. The summed E-state index contributed by atoms with van der Waals surface area (Å²) in [6.07, 6.45) is 2.08. The number of aryl methyl sites for hydroxylation is 4. The fourth-order valence-corrected chi connectivity index (χ4v) is 5.22. The molecule has 0 aliphatic carbocycles. The molecule has 0 unspecified atom stereocenters. The molecule has 6 aromatic rings. The van der Waals surface area contributed by atoms with Crippen molar-refractivity contribution in [3.63, 3.8) is 0 Å². The number of hydrogen-bond acceptors (Lipinski definition) is 2. The molecule has 3 heteroatoms. The van der Waals surface area contributed by atoms with E-state index in [1.54, 1.807) is 0 Å². The molecule has 3 nitrogen and oxygen atoms in total. The molecular formula is C34H27N2O+. The smallest absolute Gasteiger partial charge is 0.216 e. The van der Waals surface area contributed by atoms with Crippen LogP contribution in [0.3, 0.4) is 0 Å². The Bertz CT molecular complexity index is 1870. The van der Waals surface area contributed by atoms with Crippen LogP contribution < -0.4 is 4.57 Å². The van der Waals surface area contributed by atoms with Crippen LogP contribution in [0.25, 0.3) is 55.4 Å². The maximum absolute atomic E-state index is 10.1. The number of fused-ring (bicyclic) bond motifs is 3. The van der Waals surface area contributed by atoms with Crippen LogP contribution in [0, 0.1) is 32.1 Å². The molecule has 0 radical (unpaired) electrons. The summed E-state index contributed by atoms with van der Waals surface area (Å²) in [4.78, 5) is 0. The van der Waals surface area contributed by atoms with Gasteiger partial charge in [-0.25, -0.2) is 4.57 Å². The first-order chi connectivity index (χ1) is 17.9. The van der Waals surface area contributed by atoms with Gasteiger partial charge in [0.25, 0.3) is 0 Å². The lowest BCUT2D eigenvalue weighted by Gasteiger charge is -2.09. The topological polar surface area (TPSA) is 40.8 Å². The van der Waals surface area contributed by atoms with E-state index in [1.165, 1.54) is 11.1 Å². The number of furan rings is 1. The minimum Gasteiger partial charge on any atom is -0.454 e. The molecule has 0 saturated carbocycles. The van der Waals surface area contributed by atoms with Crippen LogP contribution in [-0.2, 0) is 7.05 Å². The Morgan fingerprint density at radius 1 is 0.676 bits per heavy atom. The van der Waals surface area contributed by atoms with E-state index in [4.69, 9.17) is 4.42 Å². The lowest BCUT2D eigenvalue weighted by Crippen LogP contribution is -2.30. The van der Waals surface area contributed by atoms with Crippen molar-refractivity contribution >= 4 is 21.9 Å². The Labute approximate surface area is 216 Å². The SMILES string of the molecule is Cc1ccc(-c2cccc(-c3c(C#N)ccc4c3oc3c(-c5cc(C)cc[n+]5C)c(C)ccc34)c2)cc1. The molecule has 0 bridgehead atoms. The maximum atomic E-state index is 10.1. The van der Waals surface area contributed by atoms with Crippen LogP contribution in [0.1, 0.15) is 22.3 Å². The van der Waals surface area contributed by atoms with Gasteiger partial charge in [0.15, 0.2) is 6.20 Å². The van der Waals surface area contributed by atoms with Gasteiger partial charge in [0.1, 0.15) is 18.2 Å². The van der Waals surface area contributed by atoms with E-state index in [0.29, 0.717) is 5.56 Å². The maximum Gasteiger partial charge on any atom is 0.216 e. The van der Waals surface area contributed by atoms with E-state index < -0.39 is 0 Å². The molecule has 37 heavy (non-hydrogen) atoms. The van der Waals surface area contributed by atoms with E-state index in [-0.39, 0.29) is 0 Å². The summed E-state index contributed by atoms with van der Waals surface area (Å²) < 4.78 is 8.87. The molecule has 4 aromatic carbocycles. The first-order valence-electron chi connectivity index (χ1n) is 12.5. The minimum atomic E-state index is 0.604. The molecule has 2 aromatic heterocycles. The number of nitriles is 1. The molecule has 0 atom stereocenters. The zero-order chi connectivity index (χ0) is 25.7. The minimum absolute atomic E-state index is 0.604. The van der Waals surface area contributed by atoms with E-state index in [0.717, 1.165) is 61.0 Å². The zero-order valence-electron chi connectivity index (χ0n) is 21.5. The Kier molecular flexibility index (Phi) is 5.39. The van der Waals surface area contributed by atoms with Gasteiger partial charge >= 0.3 is 0 Å². The number of pyridine rings is 1. The van der Waals surface area contributed by atoms with Gasteiger partial charge in [0.2, 0.25) is 5.69 Å². The van der Waals surface area contributed by atoms with Crippen LogP contribution in [0.5, 0.6) is 0 Å². The third-order valence-corrected chi connectivity index (χ3v) is 7.24. The first-order valence-corrected chi connectivity index (χ1v) is 12.5. The number of benzene rings is 4. The van der Waals surface area contributed by atoms with Crippen molar-refractivity contribution < 1.29 is 8.98 Å². The summed E-state index contributed by atoms with van der Waals surface area (Å²) in [6.45, 7) is 6.32. The second-order valence-electron chi connectivity index (χ2n) is 9.86. The lowest BCUT2D eigenvalue weighted by atomic mass is 9.94. The standard InChI is InChI=1S/C34H27N2O/c1-21-8-11-24(12-9-21)25-6-5-7-26(19-25)32-27(20-35)13-15-29-28-14-10-23(3)31(33(28)37-34(29)32)30-18-22(2)16-17-36(30)4/h5-19H,1-4H3/q+1. The van der Waals surface area contributed by atoms with Gasteiger partial charge in [0, 0.05) is 28.5 Å². The van der Waals surface area contributed by atoms with Gasteiger partial charge in [-0.3, -0.25) is 0 Å². The predicted molar refractivity (Wildman–Crippen MR) is 150 cm³/mol. The number of nitrogens with zero attached hydrogens (tertiary/aromatic N) is 2. The van der Waals surface area contributed by atoms with Crippen molar-refractivity contribution in [1.29, 1.82) is 5.26 Å². The Hall–Kier alpha value is -4.68. The Morgan fingerprint density at radius 3 is 2.14 bits per heavy atom.